The summed E-state index contributed by atoms with van der Waals surface area (Å²) in [5.41, 5.74) is 4.89. The van der Waals surface area contributed by atoms with Gasteiger partial charge in [-0.1, -0.05) is 43.8 Å². The van der Waals surface area contributed by atoms with Crippen LogP contribution in [-0.4, -0.2) is 26.2 Å². The number of carbonyl (C=O) groups is 1. The van der Waals surface area contributed by atoms with Crippen molar-refractivity contribution in [3.8, 4) is 0 Å². The molecule has 1 amide bonds. The zero-order valence-electron chi connectivity index (χ0n) is 18.5. The van der Waals surface area contributed by atoms with Crippen molar-refractivity contribution >= 4 is 23.4 Å². The van der Waals surface area contributed by atoms with Crippen LogP contribution in [0.5, 0.6) is 0 Å². The Bertz CT molecular complexity index is 1140. The zero-order valence-corrected chi connectivity index (χ0v) is 19.3. The summed E-state index contributed by atoms with van der Waals surface area (Å²) >= 11 is 1.35. The van der Waals surface area contributed by atoms with Gasteiger partial charge in [0.25, 0.3) is 0 Å². The molecule has 0 atom stereocenters. The van der Waals surface area contributed by atoms with Crippen molar-refractivity contribution in [1.82, 2.24) is 14.5 Å². The molecule has 0 aliphatic heterocycles. The molecule has 0 saturated carbocycles. The molecule has 1 aromatic carbocycles. The number of pyridine rings is 1. The number of rotatable bonds is 7. The summed E-state index contributed by atoms with van der Waals surface area (Å²) in [6.07, 6.45) is 7.37. The molecule has 1 aliphatic carbocycles. The van der Waals surface area contributed by atoms with Gasteiger partial charge in [0.2, 0.25) is 5.91 Å². The van der Waals surface area contributed by atoms with Crippen LogP contribution in [-0.2, 0) is 24.2 Å². The van der Waals surface area contributed by atoms with E-state index in [1.807, 2.05) is 36.4 Å². The molecule has 0 radical (unpaired) electrons. The van der Waals surface area contributed by atoms with Gasteiger partial charge >= 0.3 is 5.69 Å². The average molecular weight is 449 g/mol. The quantitative estimate of drug-likeness (QED) is 0.428. The molecule has 0 spiro atoms. The summed E-state index contributed by atoms with van der Waals surface area (Å²) in [5.74, 6) is 0.572. The van der Waals surface area contributed by atoms with E-state index >= 15 is 0 Å². The van der Waals surface area contributed by atoms with Crippen LogP contribution in [0.3, 0.4) is 0 Å². The number of hydrogen-bond acceptors (Lipinski definition) is 5. The fourth-order valence-corrected chi connectivity index (χ4v) is 4.86. The van der Waals surface area contributed by atoms with E-state index in [4.69, 9.17) is 0 Å². The average Bonchev–Trinajstić information content (AvgIpc) is 2.81. The minimum absolute atomic E-state index is 0.0989. The summed E-state index contributed by atoms with van der Waals surface area (Å²) in [6.45, 7) is 4.75. The summed E-state index contributed by atoms with van der Waals surface area (Å²) in [7, 11) is 0. The Labute approximate surface area is 192 Å². The number of anilines is 1. The van der Waals surface area contributed by atoms with E-state index < -0.39 is 0 Å². The third kappa shape index (κ3) is 5.27. The topological polar surface area (TPSA) is 76.9 Å². The fourth-order valence-electron chi connectivity index (χ4n) is 3.99. The van der Waals surface area contributed by atoms with Gasteiger partial charge in [-0.2, -0.15) is 4.98 Å². The van der Waals surface area contributed by atoms with Crippen molar-refractivity contribution in [2.45, 2.75) is 57.0 Å². The molecule has 32 heavy (non-hydrogen) atoms. The summed E-state index contributed by atoms with van der Waals surface area (Å²) in [6, 6.07) is 11.8. The maximum absolute atomic E-state index is 12.9. The van der Waals surface area contributed by atoms with Gasteiger partial charge in [0, 0.05) is 29.3 Å². The number of hydrogen-bond donors (Lipinski definition) is 1. The first-order valence-corrected chi connectivity index (χ1v) is 12.0. The van der Waals surface area contributed by atoms with Gasteiger partial charge < -0.3 is 5.32 Å². The molecular formula is C25H28N4O2S. The van der Waals surface area contributed by atoms with Gasteiger partial charge in [-0.05, 0) is 60.9 Å². The summed E-state index contributed by atoms with van der Waals surface area (Å²) < 4.78 is 1.77. The van der Waals surface area contributed by atoms with Gasteiger partial charge in [0.15, 0.2) is 0 Å². The number of amides is 1. The highest BCUT2D eigenvalue weighted by atomic mass is 32.2. The molecule has 166 valence electrons. The van der Waals surface area contributed by atoms with E-state index in [1.165, 1.54) is 17.3 Å². The lowest BCUT2D eigenvalue weighted by atomic mass is 9.97. The van der Waals surface area contributed by atoms with Crippen molar-refractivity contribution in [2.75, 3.05) is 11.1 Å². The van der Waals surface area contributed by atoms with Gasteiger partial charge in [0.1, 0.15) is 5.03 Å². The second-order valence-electron chi connectivity index (χ2n) is 8.39. The van der Waals surface area contributed by atoms with Crippen LogP contribution in [0.2, 0.25) is 0 Å². The van der Waals surface area contributed by atoms with Crippen molar-refractivity contribution in [2.24, 2.45) is 0 Å². The molecule has 4 rings (SSSR count). The van der Waals surface area contributed by atoms with Gasteiger partial charge in [-0.3, -0.25) is 14.3 Å². The Morgan fingerprint density at radius 2 is 1.94 bits per heavy atom. The van der Waals surface area contributed by atoms with E-state index in [2.05, 4.69) is 29.1 Å². The normalized spacial score (nSPS) is 13.1. The van der Waals surface area contributed by atoms with Crippen LogP contribution in [0.4, 0.5) is 5.69 Å². The number of nitrogens with zero attached hydrogens (tertiary/aromatic N) is 3. The predicted molar refractivity (Wildman–Crippen MR) is 128 cm³/mol. The first-order chi connectivity index (χ1) is 15.5. The molecule has 0 bridgehead atoms. The molecule has 0 fully saturated rings. The summed E-state index contributed by atoms with van der Waals surface area (Å²) in [4.78, 5) is 33.9. The number of carbonyl (C=O) groups excluding carboxylic acids is 1. The van der Waals surface area contributed by atoms with Crippen LogP contribution < -0.4 is 11.0 Å². The van der Waals surface area contributed by atoms with Crippen LogP contribution in [0.1, 0.15) is 55.0 Å². The molecule has 1 aliphatic rings. The predicted octanol–water partition coefficient (Wildman–Crippen LogP) is 4.42. The first-order valence-electron chi connectivity index (χ1n) is 11.1. The highest BCUT2D eigenvalue weighted by Gasteiger charge is 2.21. The minimum Gasteiger partial charge on any atom is -0.325 e. The standard InChI is InChI=1S/C25H28N4O2S/c1-17(2)19-9-11-20(12-10-19)27-23(30)16-32-24-21-7-3-4-8-22(21)29(25(31)28-24)15-18-6-5-13-26-14-18/h5-6,9-14,17H,3-4,7-8,15-16H2,1-2H3,(H,27,30). The van der Waals surface area contributed by atoms with Crippen LogP contribution in [0.15, 0.2) is 58.6 Å². The molecule has 2 aromatic heterocycles. The van der Waals surface area contributed by atoms with E-state index in [0.29, 0.717) is 17.5 Å². The molecule has 3 aromatic rings. The first kappa shape index (κ1) is 22.3. The number of thioether (sulfide) groups is 1. The minimum atomic E-state index is -0.262. The summed E-state index contributed by atoms with van der Waals surface area (Å²) in [5, 5.41) is 3.63. The molecule has 0 unspecified atom stereocenters. The van der Waals surface area contributed by atoms with E-state index in [-0.39, 0.29) is 17.3 Å². The van der Waals surface area contributed by atoms with Crippen LogP contribution in [0.25, 0.3) is 0 Å². The second-order valence-corrected chi connectivity index (χ2v) is 9.36. The Kier molecular flexibility index (Phi) is 7.05. The fraction of sp³-hybridized carbons (Fsp3) is 0.360. The lowest BCUT2D eigenvalue weighted by molar-refractivity contribution is -0.113. The molecular weight excluding hydrogens is 420 g/mol. The maximum Gasteiger partial charge on any atom is 0.349 e. The number of benzene rings is 1. The third-order valence-corrected chi connectivity index (χ3v) is 6.73. The molecule has 6 nitrogen and oxygen atoms in total. The molecule has 2 heterocycles. The third-order valence-electron chi connectivity index (χ3n) is 5.72. The number of nitrogens with one attached hydrogen (secondary N) is 1. The number of aromatic nitrogens is 3. The Morgan fingerprint density at radius 1 is 1.16 bits per heavy atom. The Balaban J connectivity index is 1.48. The maximum atomic E-state index is 12.9. The van der Waals surface area contributed by atoms with Gasteiger partial charge in [-0.25, -0.2) is 4.79 Å². The van der Waals surface area contributed by atoms with Gasteiger partial charge in [0.05, 0.1) is 12.3 Å². The zero-order chi connectivity index (χ0) is 22.5. The lowest BCUT2D eigenvalue weighted by Gasteiger charge is -2.22. The highest BCUT2D eigenvalue weighted by Crippen LogP contribution is 2.29. The van der Waals surface area contributed by atoms with Crippen molar-refractivity contribution < 1.29 is 4.79 Å². The lowest BCUT2D eigenvalue weighted by Crippen LogP contribution is -2.30. The largest absolute Gasteiger partial charge is 0.349 e. The monoisotopic (exact) mass is 448 g/mol. The highest BCUT2D eigenvalue weighted by molar-refractivity contribution is 8.00. The van der Waals surface area contributed by atoms with Crippen LogP contribution in [0, 0.1) is 0 Å². The van der Waals surface area contributed by atoms with Gasteiger partial charge in [-0.15, -0.1) is 0 Å². The van der Waals surface area contributed by atoms with E-state index in [1.54, 1.807) is 17.0 Å². The van der Waals surface area contributed by atoms with Crippen LogP contribution >= 0.6 is 11.8 Å². The van der Waals surface area contributed by atoms with Crippen molar-refractivity contribution in [3.63, 3.8) is 0 Å². The number of fused-ring (bicyclic) bond motifs is 1. The SMILES string of the molecule is CC(C)c1ccc(NC(=O)CSc2nc(=O)n(Cc3cccnc3)c3c2CCCC3)cc1. The molecule has 1 N–H and O–H groups in total. The van der Waals surface area contributed by atoms with Crippen molar-refractivity contribution in [1.29, 1.82) is 0 Å². The van der Waals surface area contributed by atoms with E-state index in [9.17, 15) is 9.59 Å². The Hall–Kier alpha value is -2.93. The van der Waals surface area contributed by atoms with Crippen molar-refractivity contribution in [3.05, 3.63) is 81.7 Å². The van der Waals surface area contributed by atoms with E-state index in [0.717, 1.165) is 48.2 Å². The molecule has 7 heteroatoms. The smallest absolute Gasteiger partial charge is 0.325 e. The second kappa shape index (κ2) is 10.1. The Morgan fingerprint density at radius 3 is 2.66 bits per heavy atom. The molecule has 0 saturated heterocycles.